The maximum absolute atomic E-state index is 11.6. The third-order valence-corrected chi connectivity index (χ3v) is 2.62. The molecule has 9 heteroatoms. The number of nitrogens with one attached hydrogen (secondary N) is 2. The monoisotopic (exact) mass is 285 g/mol. The molecule has 1 aromatic carbocycles. The normalized spacial score (nSPS) is 10.9. The highest BCUT2D eigenvalue weighted by Crippen LogP contribution is 2.15. The van der Waals surface area contributed by atoms with Crippen LogP contribution in [-0.2, 0) is 0 Å². The summed E-state index contributed by atoms with van der Waals surface area (Å²) in [6.45, 7) is -1.94. The molecule has 9 nitrogen and oxygen atoms in total. The Bertz CT molecular complexity index is 463. The van der Waals surface area contributed by atoms with Gasteiger partial charge in [0.05, 0.1) is 24.7 Å². The van der Waals surface area contributed by atoms with Crippen LogP contribution in [-0.4, -0.2) is 51.6 Å². The number of amides is 2. The highest BCUT2D eigenvalue weighted by atomic mass is 16.6. The molecule has 0 atom stereocenters. The van der Waals surface area contributed by atoms with Gasteiger partial charge in [0.2, 0.25) is 0 Å². The number of nitrogens with zero attached hydrogens (tertiary/aromatic N) is 1. The summed E-state index contributed by atoms with van der Waals surface area (Å²) in [5.41, 5.74) is -1.37. The lowest BCUT2D eigenvalue weighted by Crippen LogP contribution is -2.58. The minimum atomic E-state index is -1.54. The van der Waals surface area contributed by atoms with Gasteiger partial charge in [-0.25, -0.2) is 4.79 Å². The van der Waals surface area contributed by atoms with Gasteiger partial charge in [-0.05, 0) is 12.1 Å². The van der Waals surface area contributed by atoms with Gasteiger partial charge in [-0.3, -0.25) is 10.1 Å². The van der Waals surface area contributed by atoms with Crippen LogP contribution in [0.15, 0.2) is 24.3 Å². The fourth-order valence-corrected chi connectivity index (χ4v) is 1.34. The molecule has 0 aliphatic carbocycles. The van der Waals surface area contributed by atoms with Gasteiger partial charge in [0.15, 0.2) is 0 Å². The smallest absolute Gasteiger partial charge is 0.319 e. The number of nitro groups is 1. The van der Waals surface area contributed by atoms with Crippen molar-refractivity contribution in [2.45, 2.75) is 5.54 Å². The van der Waals surface area contributed by atoms with Crippen LogP contribution >= 0.6 is 0 Å². The standard InChI is InChI=1S/C11H15N3O6/c15-5-11(6-16,7-17)13-10(18)12-8-1-3-9(4-2-8)14(19)20/h1-4,15-17H,5-7H2,(H2,12,13,18). The number of benzene rings is 1. The van der Waals surface area contributed by atoms with Crippen molar-refractivity contribution in [3.63, 3.8) is 0 Å². The van der Waals surface area contributed by atoms with E-state index >= 15 is 0 Å². The Morgan fingerprint density at radius 2 is 1.65 bits per heavy atom. The van der Waals surface area contributed by atoms with Crippen molar-refractivity contribution in [2.24, 2.45) is 0 Å². The van der Waals surface area contributed by atoms with E-state index in [1.807, 2.05) is 0 Å². The van der Waals surface area contributed by atoms with Crippen LogP contribution in [0.4, 0.5) is 16.2 Å². The van der Waals surface area contributed by atoms with Crippen molar-refractivity contribution in [1.29, 1.82) is 0 Å². The fourth-order valence-electron chi connectivity index (χ4n) is 1.34. The number of nitro benzene ring substituents is 1. The van der Waals surface area contributed by atoms with E-state index in [0.29, 0.717) is 0 Å². The molecule has 1 aromatic rings. The summed E-state index contributed by atoms with van der Waals surface area (Å²) in [6.07, 6.45) is 0. The Kier molecular flexibility index (Phi) is 5.38. The Balaban J connectivity index is 2.68. The minimum Gasteiger partial charge on any atom is -0.394 e. The molecule has 0 radical (unpaired) electrons. The first kappa shape index (κ1) is 15.8. The summed E-state index contributed by atoms with van der Waals surface area (Å²) in [7, 11) is 0. The van der Waals surface area contributed by atoms with E-state index in [9.17, 15) is 14.9 Å². The van der Waals surface area contributed by atoms with Gasteiger partial charge in [0, 0.05) is 17.8 Å². The molecule has 20 heavy (non-hydrogen) atoms. The number of carbonyl (C=O) groups is 1. The number of carbonyl (C=O) groups excluding carboxylic acids is 1. The number of urea groups is 1. The Morgan fingerprint density at radius 1 is 1.15 bits per heavy atom. The quantitative estimate of drug-likeness (QED) is 0.349. The molecule has 0 unspecified atom stereocenters. The largest absolute Gasteiger partial charge is 0.394 e. The number of hydrogen-bond donors (Lipinski definition) is 5. The number of aliphatic hydroxyl groups is 3. The van der Waals surface area contributed by atoms with Crippen LogP contribution in [0, 0.1) is 10.1 Å². The molecular formula is C11H15N3O6. The average Bonchev–Trinajstić information content (AvgIpc) is 2.45. The molecule has 2 amide bonds. The molecule has 0 bridgehead atoms. The Labute approximate surface area is 114 Å². The fraction of sp³-hybridized carbons (Fsp3) is 0.364. The molecule has 0 heterocycles. The number of non-ortho nitro benzene ring substituents is 1. The molecule has 0 aliphatic heterocycles. The van der Waals surface area contributed by atoms with Crippen LogP contribution in [0.25, 0.3) is 0 Å². The second-order valence-corrected chi connectivity index (χ2v) is 4.14. The molecule has 5 N–H and O–H groups in total. The Hall–Kier alpha value is -2.23. The van der Waals surface area contributed by atoms with E-state index in [4.69, 9.17) is 15.3 Å². The highest BCUT2D eigenvalue weighted by molar-refractivity contribution is 5.89. The molecular weight excluding hydrogens is 270 g/mol. The SMILES string of the molecule is O=C(Nc1ccc([N+](=O)[O-])cc1)NC(CO)(CO)CO. The zero-order chi connectivity index (χ0) is 15.2. The van der Waals surface area contributed by atoms with Gasteiger partial charge in [0.1, 0.15) is 5.54 Å². The summed E-state index contributed by atoms with van der Waals surface area (Å²) in [4.78, 5) is 21.5. The number of aliphatic hydroxyl groups excluding tert-OH is 3. The third-order valence-electron chi connectivity index (χ3n) is 2.62. The number of anilines is 1. The van der Waals surface area contributed by atoms with Crippen molar-refractivity contribution in [3.05, 3.63) is 34.4 Å². The van der Waals surface area contributed by atoms with E-state index in [-0.39, 0.29) is 11.4 Å². The molecule has 0 fully saturated rings. The van der Waals surface area contributed by atoms with Crippen molar-refractivity contribution < 1.29 is 25.0 Å². The van der Waals surface area contributed by atoms with Crippen LogP contribution in [0.3, 0.4) is 0 Å². The van der Waals surface area contributed by atoms with Crippen LogP contribution in [0.5, 0.6) is 0 Å². The summed E-state index contributed by atoms with van der Waals surface area (Å²) < 4.78 is 0. The van der Waals surface area contributed by atoms with Crippen LogP contribution in [0.2, 0.25) is 0 Å². The zero-order valence-electron chi connectivity index (χ0n) is 10.4. The molecule has 0 aliphatic rings. The lowest BCUT2D eigenvalue weighted by molar-refractivity contribution is -0.384. The third kappa shape index (κ3) is 3.88. The first-order chi connectivity index (χ1) is 9.46. The van der Waals surface area contributed by atoms with Gasteiger partial charge in [-0.15, -0.1) is 0 Å². The van der Waals surface area contributed by atoms with Crippen molar-refractivity contribution in [2.75, 3.05) is 25.1 Å². The van der Waals surface area contributed by atoms with Crippen LogP contribution < -0.4 is 10.6 Å². The molecule has 110 valence electrons. The first-order valence-electron chi connectivity index (χ1n) is 5.62. The zero-order valence-corrected chi connectivity index (χ0v) is 10.4. The van der Waals surface area contributed by atoms with E-state index in [1.165, 1.54) is 24.3 Å². The first-order valence-corrected chi connectivity index (χ1v) is 5.62. The summed E-state index contributed by atoms with van der Waals surface area (Å²) in [5.74, 6) is 0. The van der Waals surface area contributed by atoms with Gasteiger partial charge in [0.25, 0.3) is 5.69 Å². The topological polar surface area (TPSA) is 145 Å². The average molecular weight is 285 g/mol. The van der Waals surface area contributed by atoms with E-state index in [1.54, 1.807) is 0 Å². The van der Waals surface area contributed by atoms with Crippen molar-refractivity contribution >= 4 is 17.4 Å². The van der Waals surface area contributed by atoms with Crippen LogP contribution in [0.1, 0.15) is 0 Å². The molecule has 0 spiro atoms. The van der Waals surface area contributed by atoms with E-state index in [0.717, 1.165) is 0 Å². The van der Waals surface area contributed by atoms with Crippen molar-refractivity contribution in [1.82, 2.24) is 5.32 Å². The highest BCUT2D eigenvalue weighted by Gasteiger charge is 2.29. The molecule has 0 saturated heterocycles. The summed E-state index contributed by atoms with van der Waals surface area (Å²) >= 11 is 0. The van der Waals surface area contributed by atoms with Crippen molar-refractivity contribution in [3.8, 4) is 0 Å². The second-order valence-electron chi connectivity index (χ2n) is 4.14. The maximum Gasteiger partial charge on any atom is 0.319 e. The van der Waals surface area contributed by atoms with Gasteiger partial charge >= 0.3 is 6.03 Å². The maximum atomic E-state index is 11.6. The second kappa shape index (κ2) is 6.80. The van der Waals surface area contributed by atoms with E-state index < -0.39 is 36.3 Å². The minimum absolute atomic E-state index is 0.119. The van der Waals surface area contributed by atoms with Gasteiger partial charge < -0.3 is 26.0 Å². The lowest BCUT2D eigenvalue weighted by atomic mass is 10.0. The van der Waals surface area contributed by atoms with Gasteiger partial charge in [-0.2, -0.15) is 0 Å². The number of hydrogen-bond acceptors (Lipinski definition) is 6. The molecule has 1 rings (SSSR count). The predicted octanol–water partition coefficient (Wildman–Crippen LogP) is -0.568. The van der Waals surface area contributed by atoms with E-state index in [2.05, 4.69) is 10.6 Å². The lowest BCUT2D eigenvalue weighted by Gasteiger charge is -2.28. The number of rotatable bonds is 6. The van der Waals surface area contributed by atoms with Gasteiger partial charge in [-0.1, -0.05) is 0 Å². The summed E-state index contributed by atoms with van der Waals surface area (Å²) in [5, 5.41) is 42.2. The summed E-state index contributed by atoms with van der Waals surface area (Å²) in [6, 6.07) is 4.32. The molecule has 0 saturated carbocycles. The predicted molar refractivity (Wildman–Crippen MR) is 69.2 cm³/mol. The Morgan fingerprint density at radius 3 is 2.05 bits per heavy atom. The molecule has 0 aromatic heterocycles.